The Bertz CT molecular complexity index is 1720. The van der Waals surface area contributed by atoms with E-state index in [0.717, 1.165) is 114 Å². The van der Waals surface area contributed by atoms with Crippen LogP contribution in [0.3, 0.4) is 0 Å². The van der Waals surface area contributed by atoms with Gasteiger partial charge in [-0.15, -0.1) is 0 Å². The van der Waals surface area contributed by atoms with Crippen LogP contribution in [0.5, 0.6) is 0 Å². The summed E-state index contributed by atoms with van der Waals surface area (Å²) in [7, 11) is -9.90. The van der Waals surface area contributed by atoms with Gasteiger partial charge in [0.25, 0.3) is 0 Å². The molecule has 0 fully saturated rings. The SMILES string of the molecule is CCC(C)CCCCCCCCC(=O)O[C@H](COC(=O)CCCCCCCCC(C)C)COP(=O)(O)OC[C@H](O)COP(=O)(O)OC[C@@H](COC(=O)CCCCCCCCCCCC(C)C)OC(=O)CCCCCCCCCCCCCCC(C)C. The minimum atomic E-state index is -4.95. The van der Waals surface area contributed by atoms with Gasteiger partial charge in [0.1, 0.15) is 19.3 Å². The van der Waals surface area contributed by atoms with Gasteiger partial charge in [-0.2, -0.15) is 0 Å². The van der Waals surface area contributed by atoms with Crippen molar-refractivity contribution in [1.82, 2.24) is 0 Å². The van der Waals surface area contributed by atoms with Gasteiger partial charge in [-0.3, -0.25) is 37.3 Å². The number of hydrogen-bond donors (Lipinski definition) is 3. The van der Waals surface area contributed by atoms with Gasteiger partial charge in [0.15, 0.2) is 12.2 Å². The van der Waals surface area contributed by atoms with Gasteiger partial charge in [-0.05, 0) is 49.4 Å². The second-order valence-electron chi connectivity index (χ2n) is 25.9. The van der Waals surface area contributed by atoms with Crippen LogP contribution in [0.25, 0.3) is 0 Å². The summed E-state index contributed by atoms with van der Waals surface area (Å²) in [5.41, 5.74) is 0. The maximum atomic E-state index is 13.0. The van der Waals surface area contributed by atoms with Crippen LogP contribution in [0.4, 0.5) is 0 Å². The van der Waals surface area contributed by atoms with E-state index in [2.05, 4.69) is 55.4 Å². The lowest BCUT2D eigenvalue weighted by Crippen LogP contribution is -2.30. The van der Waals surface area contributed by atoms with Crippen molar-refractivity contribution < 1.29 is 80.2 Å². The fourth-order valence-corrected chi connectivity index (χ4v) is 11.5. The van der Waals surface area contributed by atoms with Crippen molar-refractivity contribution in [1.29, 1.82) is 0 Å². The predicted octanol–water partition coefficient (Wildman–Crippen LogP) is 18.5. The van der Waals surface area contributed by atoms with Crippen molar-refractivity contribution in [2.75, 3.05) is 39.6 Å². The summed E-state index contributed by atoms with van der Waals surface area (Å²) >= 11 is 0. The molecule has 0 amide bonds. The minimum absolute atomic E-state index is 0.101. The molecule has 3 N–H and O–H groups in total. The molecule has 0 aliphatic heterocycles. The maximum Gasteiger partial charge on any atom is 0.472 e. The molecule has 17 nitrogen and oxygen atoms in total. The highest BCUT2D eigenvalue weighted by Crippen LogP contribution is 2.45. The Labute approximate surface area is 524 Å². The number of hydrogen-bond acceptors (Lipinski definition) is 15. The Balaban J connectivity index is 5.25. The largest absolute Gasteiger partial charge is 0.472 e. The van der Waals surface area contributed by atoms with Crippen LogP contribution in [0.1, 0.15) is 325 Å². The number of carbonyl (C=O) groups excluding carboxylic acids is 4. The Morgan fingerprint density at radius 1 is 0.326 bits per heavy atom. The van der Waals surface area contributed by atoms with Gasteiger partial charge in [-0.25, -0.2) is 9.13 Å². The molecule has 19 heteroatoms. The molecule has 86 heavy (non-hydrogen) atoms. The van der Waals surface area contributed by atoms with Crippen molar-refractivity contribution in [2.45, 2.75) is 343 Å². The van der Waals surface area contributed by atoms with Crippen molar-refractivity contribution in [3.05, 3.63) is 0 Å². The van der Waals surface area contributed by atoms with E-state index in [9.17, 15) is 43.2 Å². The summed E-state index contributed by atoms with van der Waals surface area (Å²) in [5.74, 6) is 0.782. The first kappa shape index (κ1) is 84.1. The molecule has 0 radical (unpaired) electrons. The lowest BCUT2D eigenvalue weighted by Gasteiger charge is -2.21. The van der Waals surface area contributed by atoms with E-state index in [1.807, 2.05) is 0 Å². The third kappa shape index (κ3) is 59.7. The van der Waals surface area contributed by atoms with Crippen molar-refractivity contribution >= 4 is 39.5 Å². The third-order valence-electron chi connectivity index (χ3n) is 15.7. The second-order valence-corrected chi connectivity index (χ2v) is 28.8. The van der Waals surface area contributed by atoms with E-state index in [1.165, 1.54) is 122 Å². The first-order valence-corrected chi connectivity index (χ1v) is 37.7. The Morgan fingerprint density at radius 3 is 0.826 bits per heavy atom. The number of carbonyl (C=O) groups is 4. The monoisotopic (exact) mass is 1270 g/mol. The highest BCUT2D eigenvalue weighted by atomic mass is 31.2. The number of aliphatic hydroxyl groups excluding tert-OH is 1. The fourth-order valence-electron chi connectivity index (χ4n) is 9.93. The number of phosphoric acid groups is 2. The van der Waals surface area contributed by atoms with Gasteiger partial charge >= 0.3 is 39.5 Å². The zero-order valence-corrected chi connectivity index (χ0v) is 57.7. The summed E-state index contributed by atoms with van der Waals surface area (Å²) in [6.07, 6.45) is 37.8. The van der Waals surface area contributed by atoms with E-state index in [0.29, 0.717) is 31.6 Å². The average Bonchev–Trinajstić information content (AvgIpc) is 3.67. The number of unbranched alkanes of at least 4 members (excludes halogenated alkanes) is 29. The number of phosphoric ester groups is 2. The normalized spacial score (nSPS) is 14.7. The van der Waals surface area contributed by atoms with Crippen LogP contribution in [-0.4, -0.2) is 96.7 Å². The van der Waals surface area contributed by atoms with Gasteiger partial charge < -0.3 is 33.8 Å². The molecule has 3 unspecified atom stereocenters. The first-order valence-electron chi connectivity index (χ1n) is 34.7. The molecule has 0 aromatic heterocycles. The molecule has 0 aromatic carbocycles. The quantitative estimate of drug-likeness (QED) is 0.0222. The zero-order chi connectivity index (χ0) is 63.9. The molecular weight excluding hydrogens is 1140 g/mol. The zero-order valence-electron chi connectivity index (χ0n) is 55.9. The Morgan fingerprint density at radius 2 is 0.558 bits per heavy atom. The van der Waals surface area contributed by atoms with Crippen molar-refractivity contribution in [3.8, 4) is 0 Å². The highest BCUT2D eigenvalue weighted by molar-refractivity contribution is 7.47. The highest BCUT2D eigenvalue weighted by Gasteiger charge is 2.30. The molecule has 0 heterocycles. The van der Waals surface area contributed by atoms with Gasteiger partial charge in [0.05, 0.1) is 26.4 Å². The molecule has 0 saturated heterocycles. The third-order valence-corrected chi connectivity index (χ3v) is 17.6. The summed E-state index contributed by atoms with van der Waals surface area (Å²) in [4.78, 5) is 72.3. The molecule has 0 bridgehead atoms. The smallest absolute Gasteiger partial charge is 0.462 e. The standard InChI is InChI=1S/C67H130O17P2/c1-9-60(8)46-38-30-24-26-34-42-50-67(72)84-63(54-78-65(70)48-40-32-25-23-29-37-45-59(6)7)56-82-86(75,76)80-52-61(68)51-79-85(73,74)81-55-62(53-77-64(69)47-39-31-21-18-14-16-20-28-36-44-58(4)5)83-66(71)49-41-33-22-17-13-11-10-12-15-19-27-35-43-57(2)3/h57-63,68H,9-56H2,1-8H3,(H,73,74)(H,75,76)/t60?,61-,62-,63-/m1/s1. The van der Waals surface area contributed by atoms with E-state index >= 15 is 0 Å². The number of ether oxygens (including phenoxy) is 4. The first-order chi connectivity index (χ1) is 41.1. The van der Waals surface area contributed by atoms with Crippen LogP contribution in [0, 0.1) is 23.7 Å². The molecule has 0 rings (SSSR count). The fraction of sp³-hybridized carbons (Fsp3) is 0.940. The minimum Gasteiger partial charge on any atom is -0.462 e. The summed E-state index contributed by atoms with van der Waals surface area (Å²) < 4.78 is 68.1. The number of aliphatic hydroxyl groups is 1. The topological polar surface area (TPSA) is 237 Å². The van der Waals surface area contributed by atoms with Crippen LogP contribution >= 0.6 is 15.6 Å². The van der Waals surface area contributed by atoms with Crippen molar-refractivity contribution in [2.24, 2.45) is 23.7 Å². The number of esters is 4. The van der Waals surface area contributed by atoms with Crippen molar-refractivity contribution in [3.63, 3.8) is 0 Å². The predicted molar refractivity (Wildman–Crippen MR) is 344 cm³/mol. The van der Waals surface area contributed by atoms with Crippen LogP contribution in [-0.2, 0) is 65.4 Å². The lowest BCUT2D eigenvalue weighted by molar-refractivity contribution is -0.161. The lowest BCUT2D eigenvalue weighted by atomic mass is 10.00. The van der Waals surface area contributed by atoms with Gasteiger partial charge in [0.2, 0.25) is 0 Å². The molecule has 6 atom stereocenters. The summed E-state index contributed by atoms with van der Waals surface area (Å²) in [6, 6.07) is 0. The molecule has 0 saturated carbocycles. The van der Waals surface area contributed by atoms with Gasteiger partial charge in [-0.1, -0.05) is 274 Å². The van der Waals surface area contributed by atoms with Crippen LogP contribution in [0.15, 0.2) is 0 Å². The molecule has 510 valence electrons. The van der Waals surface area contributed by atoms with E-state index in [-0.39, 0.29) is 25.7 Å². The van der Waals surface area contributed by atoms with Gasteiger partial charge in [0, 0.05) is 25.7 Å². The Kier molecular flexibility index (Phi) is 55.7. The molecule has 0 aromatic rings. The van der Waals surface area contributed by atoms with E-state index in [1.54, 1.807) is 0 Å². The van der Waals surface area contributed by atoms with Crippen LogP contribution < -0.4 is 0 Å². The van der Waals surface area contributed by atoms with E-state index in [4.69, 9.17) is 37.0 Å². The molecular formula is C67H130O17P2. The summed E-state index contributed by atoms with van der Waals surface area (Å²) in [6.45, 7) is 14.0. The molecule has 0 spiro atoms. The average molecular weight is 1270 g/mol. The Hall–Kier alpha value is -1.94. The maximum absolute atomic E-state index is 13.0. The van der Waals surface area contributed by atoms with Crippen LogP contribution in [0.2, 0.25) is 0 Å². The summed E-state index contributed by atoms with van der Waals surface area (Å²) in [5, 5.41) is 10.6. The number of rotatable bonds is 64. The van der Waals surface area contributed by atoms with E-state index < -0.39 is 97.5 Å². The molecule has 0 aliphatic rings. The molecule has 0 aliphatic carbocycles. The second kappa shape index (κ2) is 57.0.